The van der Waals surface area contributed by atoms with Crippen molar-refractivity contribution in [1.82, 2.24) is 20.4 Å². The average Bonchev–Trinajstić information content (AvgIpc) is 3.24. The van der Waals surface area contributed by atoms with Crippen molar-refractivity contribution < 1.29 is 18.4 Å². The summed E-state index contributed by atoms with van der Waals surface area (Å²) >= 11 is 0. The third kappa shape index (κ3) is 2.83. The average molecular weight is 288 g/mol. The van der Waals surface area contributed by atoms with E-state index in [4.69, 9.17) is 13.6 Å². The van der Waals surface area contributed by atoms with Crippen LogP contribution in [0.5, 0.6) is 0 Å². The van der Waals surface area contributed by atoms with E-state index in [-0.39, 0.29) is 18.2 Å². The van der Waals surface area contributed by atoms with Crippen LogP contribution in [-0.4, -0.2) is 26.4 Å². The molecule has 0 radical (unpaired) electrons. The summed E-state index contributed by atoms with van der Waals surface area (Å²) in [7, 11) is 0. The first-order valence-corrected chi connectivity index (χ1v) is 6.34. The Labute approximate surface area is 119 Å². The van der Waals surface area contributed by atoms with Gasteiger partial charge >= 0.3 is 5.97 Å². The van der Waals surface area contributed by atoms with E-state index in [9.17, 15) is 4.79 Å². The van der Waals surface area contributed by atoms with E-state index in [0.29, 0.717) is 23.8 Å². The van der Waals surface area contributed by atoms with Crippen LogP contribution < -0.4 is 0 Å². The number of hydrogen-bond acceptors (Lipinski definition) is 7. The number of aromatic amines is 1. The van der Waals surface area contributed by atoms with Crippen LogP contribution >= 0.6 is 0 Å². The van der Waals surface area contributed by atoms with Crippen molar-refractivity contribution >= 4 is 5.97 Å². The standard InChI is InChI=1S/C13H12N4O4/c1-2-11-16-17-12(21-11)7-20-13(18)9-6-8(14-15-9)10-4-3-5-19-10/h3-6H,2,7H2,1H3,(H,14,15). The zero-order valence-corrected chi connectivity index (χ0v) is 11.2. The van der Waals surface area contributed by atoms with Crippen LogP contribution in [-0.2, 0) is 17.8 Å². The van der Waals surface area contributed by atoms with E-state index in [0.717, 1.165) is 0 Å². The molecule has 0 aliphatic heterocycles. The maximum atomic E-state index is 11.9. The summed E-state index contributed by atoms with van der Waals surface area (Å²) in [5.74, 6) is 0.764. The molecule has 108 valence electrons. The second kappa shape index (κ2) is 5.61. The number of nitrogens with one attached hydrogen (secondary N) is 1. The molecule has 0 saturated heterocycles. The third-order valence-corrected chi connectivity index (χ3v) is 2.71. The lowest BCUT2D eigenvalue weighted by atomic mass is 10.3. The Balaban J connectivity index is 1.63. The predicted octanol–water partition coefficient (Wildman–Crippen LogP) is 1.97. The van der Waals surface area contributed by atoms with Crippen molar-refractivity contribution in [2.24, 2.45) is 0 Å². The first-order valence-electron chi connectivity index (χ1n) is 6.34. The quantitative estimate of drug-likeness (QED) is 0.715. The van der Waals surface area contributed by atoms with Gasteiger partial charge < -0.3 is 13.6 Å². The summed E-state index contributed by atoms with van der Waals surface area (Å²) < 4.78 is 15.5. The second-order valence-corrected chi connectivity index (χ2v) is 4.16. The molecule has 0 aliphatic rings. The van der Waals surface area contributed by atoms with Crippen molar-refractivity contribution in [3.8, 4) is 11.5 Å². The van der Waals surface area contributed by atoms with Crippen molar-refractivity contribution in [3.05, 3.63) is 41.9 Å². The largest absolute Gasteiger partial charge is 0.463 e. The van der Waals surface area contributed by atoms with Crippen LogP contribution in [0.4, 0.5) is 0 Å². The number of aromatic nitrogens is 4. The molecule has 1 N–H and O–H groups in total. The van der Waals surface area contributed by atoms with Crippen molar-refractivity contribution in [2.75, 3.05) is 0 Å². The third-order valence-electron chi connectivity index (χ3n) is 2.71. The van der Waals surface area contributed by atoms with Crippen molar-refractivity contribution in [2.45, 2.75) is 20.0 Å². The SMILES string of the molecule is CCc1nnc(COC(=O)c2cc(-c3ccco3)n[nH]2)o1. The number of ether oxygens (including phenoxy) is 1. The van der Waals surface area contributed by atoms with Gasteiger partial charge in [0.1, 0.15) is 11.4 Å². The highest BCUT2D eigenvalue weighted by molar-refractivity contribution is 5.88. The lowest BCUT2D eigenvalue weighted by Crippen LogP contribution is -2.05. The monoisotopic (exact) mass is 288 g/mol. The van der Waals surface area contributed by atoms with Crippen LogP contribution in [0, 0.1) is 0 Å². The fourth-order valence-electron chi connectivity index (χ4n) is 1.67. The van der Waals surface area contributed by atoms with E-state index >= 15 is 0 Å². The summed E-state index contributed by atoms with van der Waals surface area (Å²) in [6, 6.07) is 5.03. The highest BCUT2D eigenvalue weighted by atomic mass is 16.5. The number of carbonyl (C=O) groups is 1. The Kier molecular flexibility index (Phi) is 3.50. The summed E-state index contributed by atoms with van der Waals surface area (Å²) in [6.07, 6.45) is 2.16. The molecule has 0 aliphatic carbocycles. The predicted molar refractivity (Wildman–Crippen MR) is 69.1 cm³/mol. The number of rotatable bonds is 5. The number of furan rings is 1. The van der Waals surface area contributed by atoms with Gasteiger partial charge in [0.15, 0.2) is 12.4 Å². The lowest BCUT2D eigenvalue weighted by molar-refractivity contribution is 0.0429. The number of carbonyl (C=O) groups excluding carboxylic acids is 1. The number of aryl methyl sites for hydroxylation is 1. The summed E-state index contributed by atoms with van der Waals surface area (Å²) in [5.41, 5.74) is 0.745. The van der Waals surface area contributed by atoms with Gasteiger partial charge in [-0.2, -0.15) is 5.10 Å². The minimum atomic E-state index is -0.559. The van der Waals surface area contributed by atoms with Crippen LogP contribution in [0.15, 0.2) is 33.3 Å². The fraction of sp³-hybridized carbons (Fsp3) is 0.231. The minimum absolute atomic E-state index is 0.0824. The van der Waals surface area contributed by atoms with Gasteiger partial charge in [-0.1, -0.05) is 6.92 Å². The Morgan fingerprint density at radius 3 is 2.95 bits per heavy atom. The molecular weight excluding hydrogens is 276 g/mol. The highest BCUT2D eigenvalue weighted by Crippen LogP contribution is 2.18. The first-order chi connectivity index (χ1) is 10.3. The number of esters is 1. The molecule has 8 nitrogen and oxygen atoms in total. The highest BCUT2D eigenvalue weighted by Gasteiger charge is 2.15. The number of nitrogens with zero attached hydrogens (tertiary/aromatic N) is 3. The first kappa shape index (κ1) is 13.1. The molecule has 21 heavy (non-hydrogen) atoms. The molecule has 0 saturated carbocycles. The van der Waals surface area contributed by atoms with E-state index in [1.54, 1.807) is 18.2 Å². The molecule has 3 aromatic rings. The van der Waals surface area contributed by atoms with Crippen LogP contribution in [0.25, 0.3) is 11.5 Å². The normalized spacial score (nSPS) is 10.7. The maximum Gasteiger partial charge on any atom is 0.356 e. The maximum absolute atomic E-state index is 11.9. The molecule has 3 rings (SSSR count). The molecular formula is C13H12N4O4. The van der Waals surface area contributed by atoms with E-state index in [2.05, 4.69) is 20.4 Å². The molecule has 0 bridgehead atoms. The zero-order valence-electron chi connectivity index (χ0n) is 11.2. The van der Waals surface area contributed by atoms with Gasteiger partial charge in [-0.15, -0.1) is 10.2 Å². The van der Waals surface area contributed by atoms with Crippen molar-refractivity contribution in [1.29, 1.82) is 0 Å². The summed E-state index contributed by atoms with van der Waals surface area (Å²) in [5, 5.41) is 14.1. The minimum Gasteiger partial charge on any atom is -0.463 e. The van der Waals surface area contributed by atoms with Crippen LogP contribution in [0.3, 0.4) is 0 Å². The zero-order chi connectivity index (χ0) is 14.7. The van der Waals surface area contributed by atoms with Gasteiger partial charge in [-0.05, 0) is 12.1 Å². The molecule has 0 atom stereocenters. The van der Waals surface area contributed by atoms with Gasteiger partial charge in [-0.25, -0.2) is 4.79 Å². The van der Waals surface area contributed by atoms with Gasteiger partial charge in [0.05, 0.1) is 6.26 Å². The molecule has 0 fully saturated rings. The van der Waals surface area contributed by atoms with E-state index < -0.39 is 5.97 Å². The number of H-pyrrole nitrogens is 1. The molecule has 0 unspecified atom stereocenters. The molecule has 0 amide bonds. The van der Waals surface area contributed by atoms with E-state index in [1.165, 1.54) is 6.26 Å². The topological polar surface area (TPSA) is 107 Å². The summed E-state index contributed by atoms with van der Waals surface area (Å²) in [4.78, 5) is 11.9. The van der Waals surface area contributed by atoms with Gasteiger partial charge in [-0.3, -0.25) is 5.10 Å². The Morgan fingerprint density at radius 1 is 1.38 bits per heavy atom. The number of hydrogen-bond donors (Lipinski definition) is 1. The summed E-state index contributed by atoms with van der Waals surface area (Å²) in [6.45, 7) is 1.81. The van der Waals surface area contributed by atoms with Crippen LogP contribution in [0.2, 0.25) is 0 Å². The van der Waals surface area contributed by atoms with E-state index in [1.807, 2.05) is 6.92 Å². The second-order valence-electron chi connectivity index (χ2n) is 4.16. The van der Waals surface area contributed by atoms with Gasteiger partial charge in [0.2, 0.25) is 5.89 Å². The molecule has 8 heteroatoms. The fourth-order valence-corrected chi connectivity index (χ4v) is 1.67. The molecule has 0 spiro atoms. The molecule has 3 heterocycles. The van der Waals surface area contributed by atoms with Crippen molar-refractivity contribution in [3.63, 3.8) is 0 Å². The lowest BCUT2D eigenvalue weighted by Gasteiger charge is -1.98. The van der Waals surface area contributed by atoms with Gasteiger partial charge in [0, 0.05) is 12.5 Å². The smallest absolute Gasteiger partial charge is 0.356 e. The Hall–Kier alpha value is -2.90. The Bertz CT molecular complexity index is 729. The molecule has 0 aromatic carbocycles. The molecule has 3 aromatic heterocycles. The van der Waals surface area contributed by atoms with Gasteiger partial charge in [0.25, 0.3) is 5.89 Å². The Morgan fingerprint density at radius 2 is 2.24 bits per heavy atom. The van der Waals surface area contributed by atoms with Crippen LogP contribution in [0.1, 0.15) is 29.2 Å².